The van der Waals surface area contributed by atoms with E-state index in [9.17, 15) is 13.2 Å². The number of hydrogen-bond acceptors (Lipinski definition) is 4. The molecule has 1 atom stereocenters. The predicted octanol–water partition coefficient (Wildman–Crippen LogP) is 3.46. The van der Waals surface area contributed by atoms with Crippen molar-refractivity contribution in [1.29, 1.82) is 0 Å². The predicted molar refractivity (Wildman–Crippen MR) is 116 cm³/mol. The number of benzene rings is 2. The molecule has 0 spiro atoms. The Hall–Kier alpha value is -2.09. The quantitative estimate of drug-likeness (QED) is 0.572. The van der Waals surface area contributed by atoms with Gasteiger partial charge in [-0.2, -0.15) is 0 Å². The Morgan fingerprint density at radius 2 is 1.86 bits per heavy atom. The lowest BCUT2D eigenvalue weighted by molar-refractivity contribution is 0.0935. The highest BCUT2D eigenvalue weighted by Crippen LogP contribution is 2.18. The summed E-state index contributed by atoms with van der Waals surface area (Å²) in [5.74, 6) is -0.325. The van der Waals surface area contributed by atoms with E-state index in [1.807, 2.05) is 13.0 Å². The second kappa shape index (κ2) is 11.0. The monoisotopic (exact) mass is 425 g/mol. The third-order valence-corrected chi connectivity index (χ3v) is 5.58. The number of sulfonamides is 1. The van der Waals surface area contributed by atoms with E-state index >= 15 is 0 Å². The third-order valence-electron chi connectivity index (χ3n) is 4.20. The summed E-state index contributed by atoms with van der Waals surface area (Å²) in [6.45, 7) is 4.30. The summed E-state index contributed by atoms with van der Waals surface area (Å²) in [7, 11) is -3.79. The summed E-state index contributed by atoms with van der Waals surface area (Å²) < 4.78 is 27.8. The van der Waals surface area contributed by atoms with Crippen LogP contribution in [0.3, 0.4) is 0 Å². The zero-order chi connectivity index (χ0) is 19.9. The minimum absolute atomic E-state index is 0. The van der Waals surface area contributed by atoms with Gasteiger partial charge in [-0.3, -0.25) is 9.52 Å². The van der Waals surface area contributed by atoms with Crippen molar-refractivity contribution in [3.8, 4) is 0 Å². The van der Waals surface area contributed by atoms with Gasteiger partial charge in [0.2, 0.25) is 0 Å². The highest BCUT2D eigenvalue weighted by atomic mass is 35.5. The molecule has 0 radical (unpaired) electrons. The molecule has 2 rings (SSSR count). The van der Waals surface area contributed by atoms with Crippen LogP contribution in [-0.2, 0) is 10.0 Å². The second-order valence-electron chi connectivity index (χ2n) is 6.55. The van der Waals surface area contributed by atoms with Crippen molar-refractivity contribution < 1.29 is 13.2 Å². The molecule has 0 fully saturated rings. The van der Waals surface area contributed by atoms with Gasteiger partial charge in [-0.1, -0.05) is 38.0 Å². The molecule has 8 heteroatoms. The molecule has 0 aliphatic rings. The Balaban J connectivity index is 0.00000392. The first-order valence-corrected chi connectivity index (χ1v) is 10.5. The smallest absolute Gasteiger partial charge is 0.261 e. The number of anilines is 1. The molecule has 2 aromatic rings. The summed E-state index contributed by atoms with van der Waals surface area (Å²) in [5.41, 5.74) is 7.43. The molecule has 0 aliphatic heterocycles. The molecule has 1 unspecified atom stereocenters. The lowest BCUT2D eigenvalue weighted by Gasteiger charge is -2.17. The van der Waals surface area contributed by atoms with E-state index in [-0.39, 0.29) is 34.8 Å². The van der Waals surface area contributed by atoms with Gasteiger partial charge in [0, 0.05) is 23.8 Å². The van der Waals surface area contributed by atoms with Gasteiger partial charge in [0.15, 0.2) is 0 Å². The molecular weight excluding hydrogens is 398 g/mol. The molecule has 4 N–H and O–H groups in total. The van der Waals surface area contributed by atoms with Gasteiger partial charge in [-0.05, 0) is 49.2 Å². The van der Waals surface area contributed by atoms with Gasteiger partial charge in [0.1, 0.15) is 0 Å². The summed E-state index contributed by atoms with van der Waals surface area (Å²) in [4.78, 5) is 12.5. The van der Waals surface area contributed by atoms with E-state index in [4.69, 9.17) is 5.73 Å². The van der Waals surface area contributed by atoms with Gasteiger partial charge >= 0.3 is 0 Å². The number of aryl methyl sites for hydroxylation is 1. The van der Waals surface area contributed by atoms with Crippen LogP contribution in [0.1, 0.15) is 42.1 Å². The van der Waals surface area contributed by atoms with Crippen molar-refractivity contribution in [2.75, 3.05) is 11.3 Å². The van der Waals surface area contributed by atoms with Gasteiger partial charge in [-0.15, -0.1) is 12.4 Å². The molecule has 0 bridgehead atoms. The molecule has 0 aromatic heterocycles. The number of carbonyl (C=O) groups excluding carboxylic acids is 1. The fourth-order valence-electron chi connectivity index (χ4n) is 2.70. The van der Waals surface area contributed by atoms with Crippen molar-refractivity contribution in [2.24, 2.45) is 5.73 Å². The maximum atomic E-state index is 12.6. The molecular formula is C20H28ClN3O3S. The number of amides is 1. The van der Waals surface area contributed by atoms with E-state index < -0.39 is 10.0 Å². The average Bonchev–Trinajstić information content (AvgIpc) is 2.64. The fraction of sp³-hybridized carbons (Fsp3) is 0.350. The number of unbranched alkanes of at least 4 members (excludes halogenated alkanes) is 1. The second-order valence-corrected chi connectivity index (χ2v) is 8.23. The lowest BCUT2D eigenvalue weighted by atomic mass is 10.1. The molecule has 0 saturated carbocycles. The highest BCUT2D eigenvalue weighted by molar-refractivity contribution is 7.92. The summed E-state index contributed by atoms with van der Waals surface area (Å²) in [6.07, 6.45) is 2.79. The molecule has 1 amide bonds. The zero-order valence-corrected chi connectivity index (χ0v) is 17.8. The van der Waals surface area contributed by atoms with Crippen LogP contribution in [0.2, 0.25) is 0 Å². The summed E-state index contributed by atoms with van der Waals surface area (Å²) in [5, 5.41) is 2.87. The Morgan fingerprint density at radius 1 is 1.14 bits per heavy atom. The maximum absolute atomic E-state index is 12.6. The Bertz CT molecular complexity index is 888. The minimum Gasteiger partial charge on any atom is -0.348 e. The Morgan fingerprint density at radius 3 is 2.50 bits per heavy atom. The van der Waals surface area contributed by atoms with E-state index in [0.717, 1.165) is 24.8 Å². The maximum Gasteiger partial charge on any atom is 0.261 e. The number of nitrogens with two attached hydrogens (primary N) is 1. The van der Waals surface area contributed by atoms with Crippen LogP contribution >= 0.6 is 12.4 Å². The van der Waals surface area contributed by atoms with Gasteiger partial charge in [0.25, 0.3) is 15.9 Å². The number of hydrogen-bond donors (Lipinski definition) is 3. The topological polar surface area (TPSA) is 101 Å². The van der Waals surface area contributed by atoms with Crippen LogP contribution in [-0.4, -0.2) is 26.9 Å². The Labute approximate surface area is 173 Å². The summed E-state index contributed by atoms with van der Waals surface area (Å²) >= 11 is 0. The van der Waals surface area contributed by atoms with Gasteiger partial charge < -0.3 is 11.1 Å². The first kappa shape index (κ1) is 23.9. The molecule has 2 aromatic carbocycles. The van der Waals surface area contributed by atoms with Crippen LogP contribution in [0.4, 0.5) is 5.69 Å². The van der Waals surface area contributed by atoms with Crippen LogP contribution in [0.15, 0.2) is 53.4 Å². The average molecular weight is 426 g/mol. The van der Waals surface area contributed by atoms with Crippen molar-refractivity contribution in [3.05, 3.63) is 59.7 Å². The first-order valence-electron chi connectivity index (χ1n) is 9.06. The normalized spacial score (nSPS) is 12.0. The standard InChI is InChI=1S/C20H27N3O3S.ClH/c1-3-4-9-18(14-21)22-20(24)16-8-6-11-19(13-16)27(25,26)23-17-10-5-7-15(2)12-17;/h5-8,10-13,18,23H,3-4,9,14,21H2,1-2H3,(H,22,24);1H. The van der Waals surface area contributed by atoms with E-state index in [1.54, 1.807) is 30.3 Å². The molecule has 28 heavy (non-hydrogen) atoms. The molecule has 0 aliphatic carbocycles. The SMILES string of the molecule is CCCCC(CN)NC(=O)c1cccc(S(=O)(=O)Nc2cccc(C)c2)c1.Cl. The van der Waals surface area contributed by atoms with Gasteiger partial charge in [0.05, 0.1) is 4.90 Å². The number of rotatable bonds is 9. The third kappa shape index (κ3) is 6.82. The van der Waals surface area contributed by atoms with Crippen molar-refractivity contribution in [1.82, 2.24) is 5.32 Å². The summed E-state index contributed by atoms with van der Waals surface area (Å²) in [6, 6.07) is 13.0. The van der Waals surface area contributed by atoms with E-state index in [2.05, 4.69) is 17.0 Å². The molecule has 154 valence electrons. The van der Waals surface area contributed by atoms with E-state index in [0.29, 0.717) is 12.2 Å². The molecule has 0 saturated heterocycles. The molecule has 6 nitrogen and oxygen atoms in total. The highest BCUT2D eigenvalue weighted by Gasteiger charge is 2.18. The van der Waals surface area contributed by atoms with Crippen molar-refractivity contribution in [2.45, 2.75) is 44.0 Å². The number of carbonyl (C=O) groups is 1. The number of nitrogens with one attached hydrogen (secondary N) is 2. The Kier molecular flexibility index (Phi) is 9.45. The van der Waals surface area contributed by atoms with E-state index in [1.165, 1.54) is 12.1 Å². The van der Waals surface area contributed by atoms with Crippen molar-refractivity contribution >= 4 is 34.0 Å². The van der Waals surface area contributed by atoms with Gasteiger partial charge in [-0.25, -0.2) is 8.42 Å². The van der Waals surface area contributed by atoms with Crippen LogP contribution in [0.5, 0.6) is 0 Å². The van der Waals surface area contributed by atoms with Crippen LogP contribution in [0, 0.1) is 6.92 Å². The first-order chi connectivity index (χ1) is 12.9. The lowest BCUT2D eigenvalue weighted by Crippen LogP contribution is -2.40. The fourth-order valence-corrected chi connectivity index (χ4v) is 3.79. The largest absolute Gasteiger partial charge is 0.348 e. The van der Waals surface area contributed by atoms with Crippen molar-refractivity contribution in [3.63, 3.8) is 0 Å². The molecule has 0 heterocycles. The minimum atomic E-state index is -3.79. The van der Waals surface area contributed by atoms with Crippen LogP contribution in [0.25, 0.3) is 0 Å². The number of halogens is 1. The van der Waals surface area contributed by atoms with Crippen LogP contribution < -0.4 is 15.8 Å². The zero-order valence-electron chi connectivity index (χ0n) is 16.1.